The Morgan fingerprint density at radius 1 is 0.964 bits per heavy atom. The van der Waals surface area contributed by atoms with Crippen molar-refractivity contribution < 1.29 is 8.78 Å². The zero-order chi connectivity index (χ0) is 19.7. The molecule has 0 radical (unpaired) electrons. The Balaban J connectivity index is 1.85. The van der Waals surface area contributed by atoms with Gasteiger partial charge in [-0.15, -0.1) is 0 Å². The molecule has 1 atom stereocenters. The molecule has 2 aromatic carbocycles. The second-order valence-electron chi connectivity index (χ2n) is 6.47. The summed E-state index contributed by atoms with van der Waals surface area (Å²) in [5, 5.41) is 4.05. The predicted octanol–water partition coefficient (Wildman–Crippen LogP) is 4.73. The van der Waals surface area contributed by atoms with Gasteiger partial charge in [0.2, 0.25) is 0 Å². The SMILES string of the molecule is C[C@H](Nc1cc(N)ncn1)c1cc2ccc(F)cc2nc1-c1cccc(F)c1. The standard InChI is InChI=1S/C21H17F2N5/c1-12(27-20-10-19(24)25-11-26-20)17-8-13-5-6-16(23)9-18(13)28-21(17)14-3-2-4-15(22)7-14/h2-12H,1H3,(H3,24,25,26,27)/t12-/m0/s1. The molecule has 4 aromatic rings. The van der Waals surface area contributed by atoms with E-state index in [-0.39, 0.29) is 17.7 Å². The normalized spacial score (nSPS) is 12.1. The van der Waals surface area contributed by atoms with E-state index in [1.165, 1.54) is 30.6 Å². The van der Waals surface area contributed by atoms with Crippen LogP contribution in [0.2, 0.25) is 0 Å². The highest BCUT2D eigenvalue weighted by Gasteiger charge is 2.16. The molecule has 0 amide bonds. The third-order valence-electron chi connectivity index (χ3n) is 4.43. The lowest BCUT2D eigenvalue weighted by Gasteiger charge is -2.19. The van der Waals surface area contributed by atoms with E-state index in [0.717, 1.165) is 10.9 Å². The number of rotatable bonds is 4. The fourth-order valence-corrected chi connectivity index (χ4v) is 3.10. The van der Waals surface area contributed by atoms with Gasteiger partial charge in [-0.25, -0.2) is 23.7 Å². The largest absolute Gasteiger partial charge is 0.384 e. The van der Waals surface area contributed by atoms with Crippen molar-refractivity contribution in [2.45, 2.75) is 13.0 Å². The summed E-state index contributed by atoms with van der Waals surface area (Å²) in [6, 6.07) is 13.9. The number of halogens is 2. The van der Waals surface area contributed by atoms with E-state index in [1.807, 2.05) is 13.0 Å². The first kappa shape index (κ1) is 17.8. The Morgan fingerprint density at radius 2 is 1.79 bits per heavy atom. The summed E-state index contributed by atoms with van der Waals surface area (Å²) in [7, 11) is 0. The van der Waals surface area contributed by atoms with Gasteiger partial charge in [-0.3, -0.25) is 0 Å². The lowest BCUT2D eigenvalue weighted by Crippen LogP contribution is -2.11. The summed E-state index contributed by atoms with van der Waals surface area (Å²) < 4.78 is 27.5. The minimum absolute atomic E-state index is 0.227. The number of hydrogen-bond donors (Lipinski definition) is 2. The lowest BCUT2D eigenvalue weighted by molar-refractivity contribution is 0.628. The van der Waals surface area contributed by atoms with Crippen molar-refractivity contribution in [1.82, 2.24) is 15.0 Å². The fourth-order valence-electron chi connectivity index (χ4n) is 3.10. The molecule has 2 heterocycles. The minimum Gasteiger partial charge on any atom is -0.384 e. The van der Waals surface area contributed by atoms with Crippen molar-refractivity contribution >= 4 is 22.5 Å². The van der Waals surface area contributed by atoms with Crippen molar-refractivity contribution in [3.05, 3.63) is 78.1 Å². The summed E-state index contributed by atoms with van der Waals surface area (Å²) in [6.45, 7) is 1.94. The third-order valence-corrected chi connectivity index (χ3v) is 4.43. The molecule has 7 heteroatoms. The van der Waals surface area contributed by atoms with Crippen LogP contribution in [0.4, 0.5) is 20.4 Å². The van der Waals surface area contributed by atoms with Crippen LogP contribution in [-0.4, -0.2) is 15.0 Å². The van der Waals surface area contributed by atoms with Gasteiger partial charge in [0, 0.05) is 28.6 Å². The molecule has 0 fully saturated rings. The van der Waals surface area contributed by atoms with Crippen molar-refractivity contribution in [1.29, 1.82) is 0 Å². The van der Waals surface area contributed by atoms with Gasteiger partial charge in [0.15, 0.2) is 0 Å². The number of nitrogens with one attached hydrogen (secondary N) is 1. The Labute approximate surface area is 160 Å². The number of nitrogen functional groups attached to an aromatic ring is 1. The van der Waals surface area contributed by atoms with Gasteiger partial charge in [0.25, 0.3) is 0 Å². The van der Waals surface area contributed by atoms with Crippen LogP contribution in [0, 0.1) is 11.6 Å². The average Bonchev–Trinajstić information content (AvgIpc) is 2.67. The van der Waals surface area contributed by atoms with Crippen molar-refractivity contribution in [3.8, 4) is 11.3 Å². The quantitative estimate of drug-likeness (QED) is 0.538. The number of nitrogens with two attached hydrogens (primary N) is 1. The monoisotopic (exact) mass is 377 g/mol. The first-order valence-corrected chi connectivity index (χ1v) is 8.70. The summed E-state index contributed by atoms with van der Waals surface area (Å²) in [6.07, 6.45) is 1.37. The molecule has 4 rings (SSSR count). The van der Waals surface area contributed by atoms with Gasteiger partial charge in [0.05, 0.1) is 17.3 Å². The van der Waals surface area contributed by atoms with E-state index in [9.17, 15) is 8.78 Å². The number of aromatic nitrogens is 3. The molecule has 28 heavy (non-hydrogen) atoms. The van der Waals surface area contributed by atoms with Crippen molar-refractivity contribution in [2.75, 3.05) is 11.1 Å². The van der Waals surface area contributed by atoms with E-state index < -0.39 is 0 Å². The van der Waals surface area contributed by atoms with E-state index in [2.05, 4.69) is 20.3 Å². The fraction of sp³-hybridized carbons (Fsp3) is 0.0952. The number of anilines is 2. The Bertz CT molecular complexity index is 1160. The number of fused-ring (bicyclic) bond motifs is 1. The van der Waals surface area contributed by atoms with Crippen LogP contribution in [0.1, 0.15) is 18.5 Å². The highest BCUT2D eigenvalue weighted by atomic mass is 19.1. The van der Waals surface area contributed by atoms with Crippen LogP contribution in [0.5, 0.6) is 0 Å². The maximum Gasteiger partial charge on any atom is 0.131 e. The van der Waals surface area contributed by atoms with Crippen LogP contribution in [0.25, 0.3) is 22.2 Å². The van der Waals surface area contributed by atoms with E-state index in [1.54, 1.807) is 24.3 Å². The Hall–Kier alpha value is -3.61. The number of nitrogens with zero attached hydrogens (tertiary/aromatic N) is 3. The molecule has 0 aliphatic rings. The van der Waals surface area contributed by atoms with Gasteiger partial charge in [-0.05, 0) is 37.3 Å². The summed E-state index contributed by atoms with van der Waals surface area (Å²) >= 11 is 0. The van der Waals surface area contributed by atoms with E-state index >= 15 is 0 Å². The van der Waals surface area contributed by atoms with E-state index in [4.69, 9.17) is 5.73 Å². The second kappa shape index (κ2) is 7.19. The van der Waals surface area contributed by atoms with Crippen LogP contribution in [0.3, 0.4) is 0 Å². The molecule has 0 aliphatic heterocycles. The average molecular weight is 377 g/mol. The smallest absolute Gasteiger partial charge is 0.131 e. The second-order valence-corrected chi connectivity index (χ2v) is 6.47. The van der Waals surface area contributed by atoms with Gasteiger partial charge in [0.1, 0.15) is 29.6 Å². The minimum atomic E-state index is -0.374. The molecule has 0 spiro atoms. The topological polar surface area (TPSA) is 76.7 Å². The lowest BCUT2D eigenvalue weighted by atomic mass is 9.98. The zero-order valence-corrected chi connectivity index (χ0v) is 15.0. The van der Waals surface area contributed by atoms with Crippen molar-refractivity contribution in [2.24, 2.45) is 0 Å². The van der Waals surface area contributed by atoms with Gasteiger partial charge in [-0.1, -0.05) is 12.1 Å². The molecular weight excluding hydrogens is 360 g/mol. The molecule has 140 valence electrons. The molecule has 5 nitrogen and oxygen atoms in total. The first-order chi connectivity index (χ1) is 13.5. The predicted molar refractivity (Wildman–Crippen MR) is 106 cm³/mol. The third kappa shape index (κ3) is 3.59. The molecule has 0 saturated carbocycles. The highest BCUT2D eigenvalue weighted by molar-refractivity contribution is 5.84. The number of hydrogen-bond acceptors (Lipinski definition) is 5. The van der Waals surface area contributed by atoms with Gasteiger partial charge in [-0.2, -0.15) is 0 Å². The molecule has 0 aliphatic carbocycles. The van der Waals surface area contributed by atoms with Crippen LogP contribution in [0.15, 0.2) is 60.9 Å². The molecule has 2 aromatic heterocycles. The maximum atomic E-state index is 13.8. The number of benzene rings is 2. The van der Waals surface area contributed by atoms with Crippen LogP contribution >= 0.6 is 0 Å². The molecule has 0 saturated heterocycles. The summed E-state index contributed by atoms with van der Waals surface area (Å²) in [5.41, 5.74) is 8.22. The van der Waals surface area contributed by atoms with Crippen LogP contribution in [-0.2, 0) is 0 Å². The summed E-state index contributed by atoms with van der Waals surface area (Å²) in [5.74, 6) is 0.168. The maximum absolute atomic E-state index is 13.8. The Morgan fingerprint density at radius 3 is 2.57 bits per heavy atom. The number of pyridine rings is 1. The van der Waals surface area contributed by atoms with Crippen LogP contribution < -0.4 is 11.1 Å². The Kier molecular flexibility index (Phi) is 4.57. The van der Waals surface area contributed by atoms with Gasteiger partial charge < -0.3 is 11.1 Å². The van der Waals surface area contributed by atoms with E-state index in [0.29, 0.717) is 28.4 Å². The molecule has 0 bridgehead atoms. The molecule has 0 unspecified atom stereocenters. The first-order valence-electron chi connectivity index (χ1n) is 8.70. The summed E-state index contributed by atoms with van der Waals surface area (Å²) in [4.78, 5) is 12.7. The zero-order valence-electron chi connectivity index (χ0n) is 15.0. The van der Waals surface area contributed by atoms with Gasteiger partial charge >= 0.3 is 0 Å². The molecular formula is C21H17F2N5. The molecule has 3 N–H and O–H groups in total. The van der Waals surface area contributed by atoms with Crippen molar-refractivity contribution in [3.63, 3.8) is 0 Å². The highest BCUT2D eigenvalue weighted by Crippen LogP contribution is 2.32.